The van der Waals surface area contributed by atoms with Gasteiger partial charge in [-0.15, -0.1) is 0 Å². The lowest BCUT2D eigenvalue weighted by molar-refractivity contribution is -0.115. The van der Waals surface area contributed by atoms with E-state index in [1.807, 2.05) is 6.07 Å². The average Bonchev–Trinajstić information content (AvgIpc) is 2.38. The number of carbonyl (C=O) groups excluding carboxylic acids is 1. The standard InChI is InChI=1S/C15H16N2O3/c1-20-14-6-5-12(9-13(14)18)17-15(19)8-10-3-2-4-11(16)7-10/h2-7,9,18H,8,16H2,1H3,(H,17,19). The van der Waals surface area contributed by atoms with Gasteiger partial charge in [0.15, 0.2) is 11.5 Å². The first-order chi connectivity index (χ1) is 9.58. The predicted molar refractivity (Wildman–Crippen MR) is 77.8 cm³/mol. The van der Waals surface area contributed by atoms with Crippen LogP contribution >= 0.6 is 0 Å². The van der Waals surface area contributed by atoms with Gasteiger partial charge in [0.2, 0.25) is 5.91 Å². The first-order valence-corrected chi connectivity index (χ1v) is 6.10. The van der Waals surface area contributed by atoms with Crippen molar-refractivity contribution in [2.24, 2.45) is 0 Å². The Balaban J connectivity index is 2.03. The van der Waals surface area contributed by atoms with Gasteiger partial charge in [-0.3, -0.25) is 4.79 Å². The lowest BCUT2D eigenvalue weighted by atomic mass is 10.1. The van der Waals surface area contributed by atoms with E-state index in [1.165, 1.54) is 13.2 Å². The molecule has 2 aromatic carbocycles. The van der Waals surface area contributed by atoms with Gasteiger partial charge in [-0.05, 0) is 29.8 Å². The van der Waals surface area contributed by atoms with Crippen LogP contribution in [0.5, 0.6) is 11.5 Å². The van der Waals surface area contributed by atoms with Gasteiger partial charge in [0.1, 0.15) is 0 Å². The fourth-order valence-corrected chi connectivity index (χ4v) is 1.86. The summed E-state index contributed by atoms with van der Waals surface area (Å²) in [6.07, 6.45) is 0.220. The number of rotatable bonds is 4. The van der Waals surface area contributed by atoms with Gasteiger partial charge in [0.25, 0.3) is 0 Å². The molecule has 2 aromatic rings. The molecule has 0 unspecified atom stereocenters. The van der Waals surface area contributed by atoms with Crippen molar-refractivity contribution in [3.63, 3.8) is 0 Å². The van der Waals surface area contributed by atoms with E-state index in [0.29, 0.717) is 17.1 Å². The fraction of sp³-hybridized carbons (Fsp3) is 0.133. The Morgan fingerprint density at radius 1 is 1.30 bits per heavy atom. The van der Waals surface area contributed by atoms with Crippen molar-refractivity contribution in [3.05, 3.63) is 48.0 Å². The number of carbonyl (C=O) groups is 1. The van der Waals surface area contributed by atoms with Gasteiger partial charge in [-0.1, -0.05) is 12.1 Å². The van der Waals surface area contributed by atoms with E-state index in [-0.39, 0.29) is 18.1 Å². The van der Waals surface area contributed by atoms with Crippen LogP contribution in [0.2, 0.25) is 0 Å². The van der Waals surface area contributed by atoms with Gasteiger partial charge in [0, 0.05) is 17.4 Å². The predicted octanol–water partition coefficient (Wildman–Crippen LogP) is 2.16. The normalized spacial score (nSPS) is 10.1. The third-order valence-electron chi connectivity index (χ3n) is 2.78. The van der Waals surface area contributed by atoms with Crippen molar-refractivity contribution in [1.29, 1.82) is 0 Å². The molecule has 0 aliphatic heterocycles. The molecule has 0 spiro atoms. The molecule has 5 heteroatoms. The maximum atomic E-state index is 11.9. The fourth-order valence-electron chi connectivity index (χ4n) is 1.86. The summed E-state index contributed by atoms with van der Waals surface area (Å²) in [4.78, 5) is 11.9. The first-order valence-electron chi connectivity index (χ1n) is 6.10. The quantitative estimate of drug-likeness (QED) is 0.745. The van der Waals surface area contributed by atoms with E-state index in [0.717, 1.165) is 5.56 Å². The molecule has 4 N–H and O–H groups in total. The van der Waals surface area contributed by atoms with Crippen molar-refractivity contribution in [1.82, 2.24) is 0 Å². The Bertz CT molecular complexity index is 626. The number of nitrogens with one attached hydrogen (secondary N) is 1. The Kier molecular flexibility index (Phi) is 4.10. The number of amides is 1. The maximum absolute atomic E-state index is 11.9. The number of hydrogen-bond acceptors (Lipinski definition) is 4. The van der Waals surface area contributed by atoms with Crippen LogP contribution in [-0.4, -0.2) is 18.1 Å². The monoisotopic (exact) mass is 272 g/mol. The van der Waals surface area contributed by atoms with Crippen LogP contribution in [0, 0.1) is 0 Å². The molecule has 0 aliphatic rings. The zero-order valence-electron chi connectivity index (χ0n) is 11.1. The minimum Gasteiger partial charge on any atom is -0.504 e. The Labute approximate surface area is 117 Å². The minimum absolute atomic E-state index is 0.0192. The lowest BCUT2D eigenvalue weighted by Crippen LogP contribution is -2.14. The van der Waals surface area contributed by atoms with Crippen LogP contribution < -0.4 is 15.8 Å². The molecule has 0 aromatic heterocycles. The van der Waals surface area contributed by atoms with Crippen molar-refractivity contribution >= 4 is 17.3 Å². The SMILES string of the molecule is COc1ccc(NC(=O)Cc2cccc(N)c2)cc1O. The Morgan fingerprint density at radius 3 is 2.75 bits per heavy atom. The zero-order chi connectivity index (χ0) is 14.5. The number of anilines is 2. The smallest absolute Gasteiger partial charge is 0.228 e. The number of benzene rings is 2. The second-order valence-corrected chi connectivity index (χ2v) is 4.36. The Morgan fingerprint density at radius 2 is 2.10 bits per heavy atom. The molecule has 0 atom stereocenters. The molecular formula is C15H16N2O3. The summed E-state index contributed by atoms with van der Waals surface area (Å²) in [5.41, 5.74) is 7.63. The average molecular weight is 272 g/mol. The number of hydrogen-bond donors (Lipinski definition) is 3. The molecule has 0 saturated heterocycles. The molecule has 1 amide bonds. The van der Waals surface area contributed by atoms with E-state index in [9.17, 15) is 9.90 Å². The summed E-state index contributed by atoms with van der Waals surface area (Å²) >= 11 is 0. The summed E-state index contributed by atoms with van der Waals surface area (Å²) in [6.45, 7) is 0. The molecule has 0 heterocycles. The minimum atomic E-state index is -0.180. The summed E-state index contributed by atoms with van der Waals surface area (Å²) in [7, 11) is 1.47. The highest BCUT2D eigenvalue weighted by Gasteiger charge is 2.07. The van der Waals surface area contributed by atoms with Gasteiger partial charge >= 0.3 is 0 Å². The third kappa shape index (κ3) is 3.41. The van der Waals surface area contributed by atoms with Crippen LogP contribution in [0.3, 0.4) is 0 Å². The van der Waals surface area contributed by atoms with Crippen molar-refractivity contribution in [2.75, 3.05) is 18.2 Å². The van der Waals surface area contributed by atoms with Gasteiger partial charge in [0.05, 0.1) is 13.5 Å². The number of phenols is 1. The largest absolute Gasteiger partial charge is 0.504 e. The topological polar surface area (TPSA) is 84.6 Å². The zero-order valence-corrected chi connectivity index (χ0v) is 11.1. The second kappa shape index (κ2) is 5.97. The summed E-state index contributed by atoms with van der Waals surface area (Å²) in [5.74, 6) is 0.160. The van der Waals surface area contributed by atoms with Crippen LogP contribution in [0.15, 0.2) is 42.5 Å². The van der Waals surface area contributed by atoms with E-state index in [4.69, 9.17) is 10.5 Å². The van der Waals surface area contributed by atoms with E-state index in [1.54, 1.807) is 30.3 Å². The third-order valence-corrected chi connectivity index (χ3v) is 2.78. The number of phenolic OH excluding ortho intramolecular Hbond substituents is 1. The molecule has 0 bridgehead atoms. The number of aromatic hydroxyl groups is 1. The van der Waals surface area contributed by atoms with E-state index >= 15 is 0 Å². The number of methoxy groups -OCH3 is 1. The van der Waals surface area contributed by atoms with Gasteiger partial charge in [-0.25, -0.2) is 0 Å². The molecule has 0 radical (unpaired) electrons. The molecule has 104 valence electrons. The molecule has 0 fully saturated rings. The molecule has 2 rings (SSSR count). The molecule has 20 heavy (non-hydrogen) atoms. The molecule has 0 aliphatic carbocycles. The number of ether oxygens (including phenoxy) is 1. The van der Waals surface area contributed by atoms with Crippen LogP contribution in [-0.2, 0) is 11.2 Å². The van der Waals surface area contributed by atoms with Crippen molar-refractivity contribution in [3.8, 4) is 11.5 Å². The molecular weight excluding hydrogens is 256 g/mol. The van der Waals surface area contributed by atoms with Gasteiger partial charge < -0.3 is 20.9 Å². The summed E-state index contributed by atoms with van der Waals surface area (Å²) in [5, 5.41) is 12.3. The maximum Gasteiger partial charge on any atom is 0.228 e. The van der Waals surface area contributed by atoms with Gasteiger partial charge in [-0.2, -0.15) is 0 Å². The summed E-state index contributed by atoms with van der Waals surface area (Å²) in [6, 6.07) is 11.9. The first kappa shape index (κ1) is 13.7. The highest BCUT2D eigenvalue weighted by molar-refractivity contribution is 5.92. The molecule has 5 nitrogen and oxygen atoms in total. The van der Waals surface area contributed by atoms with E-state index < -0.39 is 0 Å². The highest BCUT2D eigenvalue weighted by atomic mass is 16.5. The highest BCUT2D eigenvalue weighted by Crippen LogP contribution is 2.28. The van der Waals surface area contributed by atoms with Crippen LogP contribution in [0.4, 0.5) is 11.4 Å². The van der Waals surface area contributed by atoms with E-state index in [2.05, 4.69) is 5.32 Å². The molecule has 0 saturated carbocycles. The van der Waals surface area contributed by atoms with Crippen molar-refractivity contribution in [2.45, 2.75) is 6.42 Å². The van der Waals surface area contributed by atoms with Crippen LogP contribution in [0.25, 0.3) is 0 Å². The van der Waals surface area contributed by atoms with Crippen molar-refractivity contribution < 1.29 is 14.6 Å². The number of nitrogen functional groups attached to an aromatic ring is 1. The number of nitrogens with two attached hydrogens (primary N) is 1. The lowest BCUT2D eigenvalue weighted by Gasteiger charge is -2.08. The summed E-state index contributed by atoms with van der Waals surface area (Å²) < 4.78 is 4.94. The van der Waals surface area contributed by atoms with Crippen LogP contribution in [0.1, 0.15) is 5.56 Å². The Hall–Kier alpha value is -2.69. The second-order valence-electron chi connectivity index (χ2n) is 4.36.